The van der Waals surface area contributed by atoms with E-state index in [-0.39, 0.29) is 24.3 Å². The summed E-state index contributed by atoms with van der Waals surface area (Å²) in [6.45, 7) is 2.58. The number of nitrogens with one attached hydrogen (secondary N) is 2. The van der Waals surface area contributed by atoms with E-state index in [1.165, 1.54) is 12.8 Å². The van der Waals surface area contributed by atoms with Crippen LogP contribution >= 0.6 is 0 Å². The number of carbonyl (C=O) groups excluding carboxylic acids is 2. The van der Waals surface area contributed by atoms with Crippen LogP contribution in [0.3, 0.4) is 0 Å². The summed E-state index contributed by atoms with van der Waals surface area (Å²) in [7, 11) is 0. The molecule has 1 saturated carbocycles. The molecule has 1 aromatic heterocycles. The van der Waals surface area contributed by atoms with E-state index in [1.807, 2.05) is 12.1 Å². The van der Waals surface area contributed by atoms with Crippen molar-refractivity contribution in [1.82, 2.24) is 20.5 Å². The van der Waals surface area contributed by atoms with E-state index in [0.717, 1.165) is 25.1 Å². The van der Waals surface area contributed by atoms with Crippen LogP contribution < -0.4 is 15.4 Å². The lowest BCUT2D eigenvalue weighted by Crippen LogP contribution is -2.59. The highest BCUT2D eigenvalue weighted by Crippen LogP contribution is 2.26. The number of hydrogen-bond acceptors (Lipinski definition) is 5. The van der Waals surface area contributed by atoms with Crippen molar-refractivity contribution in [2.45, 2.75) is 50.6 Å². The average Bonchev–Trinajstić information content (AvgIpc) is 3.18. The van der Waals surface area contributed by atoms with Crippen LogP contribution in [0.5, 0.6) is 5.75 Å². The highest BCUT2D eigenvalue weighted by atomic mass is 16.5. The van der Waals surface area contributed by atoms with Crippen molar-refractivity contribution < 1.29 is 14.3 Å². The van der Waals surface area contributed by atoms with E-state index < -0.39 is 0 Å². The molecule has 0 spiro atoms. The number of hydrogen-bond donors (Lipinski definition) is 2. The summed E-state index contributed by atoms with van der Waals surface area (Å²) in [6, 6.07) is 3.79. The first kappa shape index (κ1) is 18.6. The molecule has 1 aromatic rings. The average molecular weight is 360 g/mol. The largest absolute Gasteiger partial charge is 0.492 e. The van der Waals surface area contributed by atoms with Crippen molar-refractivity contribution in [3.05, 3.63) is 24.5 Å². The van der Waals surface area contributed by atoms with Gasteiger partial charge in [0.15, 0.2) is 0 Å². The lowest BCUT2D eigenvalue weighted by Gasteiger charge is -2.38. The second kappa shape index (κ2) is 9.52. The summed E-state index contributed by atoms with van der Waals surface area (Å²) < 4.78 is 5.55. The van der Waals surface area contributed by atoms with Gasteiger partial charge in [-0.3, -0.25) is 19.5 Å². The number of nitrogens with zero attached hydrogens (tertiary/aromatic N) is 2. The molecule has 7 nitrogen and oxygen atoms in total. The summed E-state index contributed by atoms with van der Waals surface area (Å²) in [5.41, 5.74) is 0. The van der Waals surface area contributed by atoms with E-state index >= 15 is 0 Å². The summed E-state index contributed by atoms with van der Waals surface area (Å²) in [5, 5.41) is 5.81. The molecular weight excluding hydrogens is 332 g/mol. The minimum atomic E-state index is -0.335. The van der Waals surface area contributed by atoms with E-state index in [0.29, 0.717) is 32.2 Å². The van der Waals surface area contributed by atoms with Crippen LogP contribution in [-0.4, -0.2) is 60.0 Å². The van der Waals surface area contributed by atoms with Gasteiger partial charge in [0.25, 0.3) is 0 Å². The maximum absolute atomic E-state index is 12.3. The van der Waals surface area contributed by atoms with Gasteiger partial charge in [0.2, 0.25) is 11.8 Å². The van der Waals surface area contributed by atoms with E-state index in [2.05, 4.69) is 20.5 Å². The first-order chi connectivity index (χ1) is 12.7. The molecule has 1 unspecified atom stereocenters. The molecule has 142 valence electrons. The number of aromatic nitrogens is 1. The van der Waals surface area contributed by atoms with Crippen molar-refractivity contribution in [2.24, 2.45) is 0 Å². The normalized spacial score (nSPS) is 21.4. The van der Waals surface area contributed by atoms with Crippen molar-refractivity contribution in [2.75, 3.05) is 26.2 Å². The standard InChI is InChI=1S/C19H28N4O3/c24-18(21-9-4-12-26-16-7-3-8-20-14-16)13-17-19(25)22-10-11-23(17)15-5-1-2-6-15/h3,7-8,14-15,17H,1-2,4-6,9-13H2,(H,21,24)(H,22,25). The molecule has 1 atom stereocenters. The monoisotopic (exact) mass is 360 g/mol. The number of ether oxygens (including phenoxy) is 1. The first-order valence-corrected chi connectivity index (χ1v) is 9.57. The Bertz CT molecular complexity index is 590. The quantitative estimate of drug-likeness (QED) is 0.679. The Labute approximate surface area is 154 Å². The second-order valence-electron chi connectivity index (χ2n) is 6.93. The molecule has 3 rings (SSSR count). The van der Waals surface area contributed by atoms with Crippen LogP contribution in [0.1, 0.15) is 38.5 Å². The van der Waals surface area contributed by atoms with E-state index in [4.69, 9.17) is 4.74 Å². The molecule has 26 heavy (non-hydrogen) atoms. The lowest BCUT2D eigenvalue weighted by atomic mass is 10.0. The number of piperazine rings is 1. The first-order valence-electron chi connectivity index (χ1n) is 9.57. The number of pyridine rings is 1. The van der Waals surface area contributed by atoms with Crippen LogP contribution in [0.2, 0.25) is 0 Å². The third-order valence-corrected chi connectivity index (χ3v) is 5.09. The lowest BCUT2D eigenvalue weighted by molar-refractivity contribution is -0.135. The third-order valence-electron chi connectivity index (χ3n) is 5.09. The van der Waals surface area contributed by atoms with Crippen molar-refractivity contribution in [3.63, 3.8) is 0 Å². The summed E-state index contributed by atoms with van der Waals surface area (Å²) in [6.07, 6.45) is 9.02. The number of carbonyl (C=O) groups is 2. The van der Waals surface area contributed by atoms with Gasteiger partial charge in [0.05, 0.1) is 25.3 Å². The molecule has 2 N–H and O–H groups in total. The maximum Gasteiger partial charge on any atom is 0.237 e. The van der Waals surface area contributed by atoms with E-state index in [1.54, 1.807) is 12.4 Å². The molecule has 1 aliphatic carbocycles. The molecule has 2 heterocycles. The highest BCUT2D eigenvalue weighted by Gasteiger charge is 2.36. The Hall–Kier alpha value is -2.15. The molecule has 0 radical (unpaired) electrons. The fourth-order valence-corrected chi connectivity index (χ4v) is 3.79. The van der Waals surface area contributed by atoms with Gasteiger partial charge in [0, 0.05) is 31.9 Å². The summed E-state index contributed by atoms with van der Waals surface area (Å²) in [4.78, 5) is 30.8. The van der Waals surface area contributed by atoms with Crippen molar-refractivity contribution in [1.29, 1.82) is 0 Å². The van der Waals surface area contributed by atoms with Gasteiger partial charge < -0.3 is 15.4 Å². The van der Waals surface area contributed by atoms with Crippen LogP contribution in [0.4, 0.5) is 0 Å². The molecule has 1 aliphatic heterocycles. The van der Waals surface area contributed by atoms with Gasteiger partial charge in [0.1, 0.15) is 5.75 Å². The smallest absolute Gasteiger partial charge is 0.237 e. The highest BCUT2D eigenvalue weighted by molar-refractivity contribution is 5.88. The molecule has 1 saturated heterocycles. The zero-order chi connectivity index (χ0) is 18.2. The van der Waals surface area contributed by atoms with Crippen LogP contribution in [0.15, 0.2) is 24.5 Å². The minimum absolute atomic E-state index is 0.0155. The van der Waals surface area contributed by atoms with Gasteiger partial charge >= 0.3 is 0 Å². The Kier molecular flexibility index (Phi) is 6.82. The summed E-state index contributed by atoms with van der Waals surface area (Å²) in [5.74, 6) is 0.638. The van der Waals surface area contributed by atoms with Gasteiger partial charge in [-0.1, -0.05) is 12.8 Å². The molecule has 2 aliphatic rings. The zero-order valence-electron chi connectivity index (χ0n) is 15.2. The van der Waals surface area contributed by atoms with Crippen LogP contribution in [0.25, 0.3) is 0 Å². The maximum atomic E-state index is 12.3. The molecule has 7 heteroatoms. The van der Waals surface area contributed by atoms with Crippen molar-refractivity contribution in [3.8, 4) is 5.75 Å². The topological polar surface area (TPSA) is 83.6 Å². The Morgan fingerprint density at radius 1 is 1.38 bits per heavy atom. The minimum Gasteiger partial charge on any atom is -0.492 e. The molecule has 2 fully saturated rings. The fourth-order valence-electron chi connectivity index (χ4n) is 3.79. The Morgan fingerprint density at radius 2 is 2.23 bits per heavy atom. The van der Waals surface area contributed by atoms with Gasteiger partial charge in [-0.05, 0) is 31.4 Å². The predicted octanol–water partition coefficient (Wildman–Crippen LogP) is 1.10. The SMILES string of the molecule is O=C(CC1C(=O)NCCN1C1CCCC1)NCCCOc1cccnc1. The van der Waals surface area contributed by atoms with E-state index in [9.17, 15) is 9.59 Å². The molecule has 0 aromatic carbocycles. The van der Waals surface area contributed by atoms with Crippen molar-refractivity contribution >= 4 is 11.8 Å². The Morgan fingerprint density at radius 3 is 3.00 bits per heavy atom. The predicted molar refractivity (Wildman–Crippen MR) is 97.7 cm³/mol. The molecule has 0 bridgehead atoms. The molecular formula is C19H28N4O3. The fraction of sp³-hybridized carbons (Fsp3) is 0.632. The van der Waals surface area contributed by atoms with Gasteiger partial charge in [-0.25, -0.2) is 0 Å². The third kappa shape index (κ3) is 5.17. The second-order valence-corrected chi connectivity index (χ2v) is 6.93. The van der Waals surface area contributed by atoms with Crippen LogP contribution in [-0.2, 0) is 9.59 Å². The molecule has 2 amide bonds. The Balaban J connectivity index is 1.39. The number of amides is 2. The summed E-state index contributed by atoms with van der Waals surface area (Å²) >= 11 is 0. The van der Waals surface area contributed by atoms with Gasteiger partial charge in [-0.15, -0.1) is 0 Å². The van der Waals surface area contributed by atoms with Crippen LogP contribution in [0, 0.1) is 0 Å². The zero-order valence-corrected chi connectivity index (χ0v) is 15.2. The number of rotatable bonds is 8. The van der Waals surface area contributed by atoms with Gasteiger partial charge in [-0.2, -0.15) is 0 Å².